The van der Waals surface area contributed by atoms with Gasteiger partial charge >= 0.3 is 0 Å². The van der Waals surface area contributed by atoms with Crippen LogP contribution in [0.5, 0.6) is 5.75 Å². The average Bonchev–Trinajstić information content (AvgIpc) is 3.36. The van der Waals surface area contributed by atoms with Crippen LogP contribution in [-0.4, -0.2) is 34.2 Å². The van der Waals surface area contributed by atoms with Crippen LogP contribution in [-0.2, 0) is 16.0 Å². The van der Waals surface area contributed by atoms with E-state index in [-0.39, 0.29) is 18.6 Å². The number of primary amides is 1. The predicted molar refractivity (Wildman–Crippen MR) is 102 cm³/mol. The number of benzene rings is 1. The molecule has 0 saturated heterocycles. The van der Waals surface area contributed by atoms with Crippen molar-refractivity contribution in [1.29, 1.82) is 0 Å². The van der Waals surface area contributed by atoms with Crippen LogP contribution in [0.4, 0.5) is 5.69 Å². The zero-order valence-electron chi connectivity index (χ0n) is 15.6. The first-order chi connectivity index (χ1) is 13.0. The number of anilines is 1. The molecule has 4 rings (SSSR count). The highest BCUT2D eigenvalue weighted by atomic mass is 16.5. The first-order valence-electron chi connectivity index (χ1n) is 9.37. The molecule has 1 aromatic carbocycles. The Balaban J connectivity index is 1.80. The number of nitrogens with zero attached hydrogens (tertiary/aromatic N) is 3. The molecule has 1 fully saturated rings. The Bertz CT molecular complexity index is 901. The highest BCUT2D eigenvalue weighted by Gasteiger charge is 2.30. The van der Waals surface area contributed by atoms with Crippen LogP contribution in [0.3, 0.4) is 0 Å². The minimum atomic E-state index is -0.528. The maximum atomic E-state index is 12.2. The van der Waals surface area contributed by atoms with Crippen molar-refractivity contribution in [3.05, 3.63) is 30.1 Å². The third-order valence-corrected chi connectivity index (χ3v) is 5.28. The second-order valence-electron chi connectivity index (χ2n) is 7.41. The summed E-state index contributed by atoms with van der Waals surface area (Å²) < 4.78 is 7.83. The molecule has 7 nitrogen and oxygen atoms in total. The highest BCUT2D eigenvalue weighted by molar-refractivity contribution is 5.95. The van der Waals surface area contributed by atoms with Crippen molar-refractivity contribution >= 4 is 17.5 Å². The Labute approximate surface area is 158 Å². The molecule has 0 bridgehead atoms. The molecular weight excluding hydrogens is 344 g/mol. The molecule has 142 valence electrons. The number of ether oxygens (including phenoxy) is 1. The minimum Gasteiger partial charge on any atom is -0.483 e. The zero-order valence-corrected chi connectivity index (χ0v) is 15.6. The number of amides is 2. The highest BCUT2D eigenvalue weighted by Crippen LogP contribution is 2.43. The number of hydrogen-bond acceptors (Lipinski definition) is 4. The number of carbonyl (C=O) groups is 2. The molecule has 0 spiro atoms. The number of hydrogen-bond donors (Lipinski definition) is 1. The summed E-state index contributed by atoms with van der Waals surface area (Å²) in [6, 6.07) is 4.52. The van der Waals surface area contributed by atoms with Crippen molar-refractivity contribution in [2.24, 2.45) is 5.73 Å². The van der Waals surface area contributed by atoms with Gasteiger partial charge in [0.15, 0.2) is 6.61 Å². The molecule has 7 heteroatoms. The van der Waals surface area contributed by atoms with E-state index >= 15 is 0 Å². The summed E-state index contributed by atoms with van der Waals surface area (Å²) in [6.07, 6.45) is 7.77. The van der Waals surface area contributed by atoms with Crippen LogP contribution in [0.2, 0.25) is 0 Å². The molecule has 1 aliphatic carbocycles. The van der Waals surface area contributed by atoms with Crippen molar-refractivity contribution in [2.45, 2.75) is 51.6 Å². The lowest BCUT2D eigenvalue weighted by Crippen LogP contribution is -2.40. The van der Waals surface area contributed by atoms with Gasteiger partial charge in [-0.1, -0.05) is 0 Å². The zero-order chi connectivity index (χ0) is 19.1. The van der Waals surface area contributed by atoms with Gasteiger partial charge in [0.05, 0.1) is 17.9 Å². The summed E-state index contributed by atoms with van der Waals surface area (Å²) >= 11 is 0. The smallest absolute Gasteiger partial charge is 0.255 e. The van der Waals surface area contributed by atoms with E-state index in [4.69, 9.17) is 10.5 Å². The first-order valence-corrected chi connectivity index (χ1v) is 9.37. The third-order valence-electron chi connectivity index (χ3n) is 5.28. The summed E-state index contributed by atoms with van der Waals surface area (Å²) in [5.74, 6) is 0.0956. The fourth-order valence-corrected chi connectivity index (χ4v) is 3.84. The Hall–Kier alpha value is -2.83. The number of fused-ring (bicyclic) bond motifs is 1. The van der Waals surface area contributed by atoms with E-state index in [1.165, 1.54) is 0 Å². The molecule has 2 N–H and O–H groups in total. The van der Waals surface area contributed by atoms with Gasteiger partial charge in [0.25, 0.3) is 5.91 Å². The van der Waals surface area contributed by atoms with Gasteiger partial charge in [-0.15, -0.1) is 0 Å². The molecule has 1 atom stereocenters. The second-order valence-corrected chi connectivity index (χ2v) is 7.41. The Morgan fingerprint density at radius 2 is 2.07 bits per heavy atom. The van der Waals surface area contributed by atoms with Crippen LogP contribution < -0.4 is 15.4 Å². The summed E-state index contributed by atoms with van der Waals surface area (Å²) in [5, 5.41) is 4.46. The van der Waals surface area contributed by atoms with Crippen molar-refractivity contribution in [3.8, 4) is 16.9 Å². The van der Waals surface area contributed by atoms with Gasteiger partial charge in [-0.2, -0.15) is 5.10 Å². The molecule has 1 aromatic heterocycles. The van der Waals surface area contributed by atoms with E-state index in [1.807, 2.05) is 36.1 Å². The molecule has 2 heterocycles. The largest absolute Gasteiger partial charge is 0.483 e. The Morgan fingerprint density at radius 3 is 2.74 bits per heavy atom. The second kappa shape index (κ2) is 6.72. The Kier molecular flexibility index (Phi) is 4.37. The molecule has 27 heavy (non-hydrogen) atoms. The van der Waals surface area contributed by atoms with E-state index in [9.17, 15) is 9.59 Å². The van der Waals surface area contributed by atoms with Crippen LogP contribution in [0.15, 0.2) is 24.5 Å². The van der Waals surface area contributed by atoms with E-state index in [1.54, 1.807) is 11.8 Å². The van der Waals surface area contributed by atoms with Gasteiger partial charge in [-0.25, -0.2) is 0 Å². The summed E-state index contributed by atoms with van der Waals surface area (Å²) in [7, 11) is 0. The normalized spacial score (nSPS) is 18.9. The standard InChI is InChI=1S/C20H24N4O3/c1-12-3-6-17-18(24(12)13(2)25)8-7-16(20(17)27-11-19(21)26)14-9-22-23(10-14)15-4-5-15/h7-10,12,15H,3-6,11H2,1-2H3,(H2,21,26)/t12-/m0/s1. The van der Waals surface area contributed by atoms with Crippen molar-refractivity contribution in [1.82, 2.24) is 9.78 Å². The van der Waals surface area contributed by atoms with Gasteiger partial charge in [0, 0.05) is 35.9 Å². The fraction of sp³-hybridized carbons (Fsp3) is 0.450. The van der Waals surface area contributed by atoms with Crippen molar-refractivity contribution < 1.29 is 14.3 Å². The molecular formula is C20H24N4O3. The van der Waals surface area contributed by atoms with E-state index in [0.717, 1.165) is 48.1 Å². The molecule has 0 radical (unpaired) electrons. The predicted octanol–water partition coefficient (Wildman–Crippen LogP) is 2.44. The average molecular weight is 368 g/mol. The summed E-state index contributed by atoms with van der Waals surface area (Å²) in [5.41, 5.74) is 8.92. The fourth-order valence-electron chi connectivity index (χ4n) is 3.84. The molecule has 2 amide bonds. The van der Waals surface area contributed by atoms with Crippen molar-refractivity contribution in [3.63, 3.8) is 0 Å². The lowest BCUT2D eigenvalue weighted by atomic mass is 9.92. The molecule has 2 aliphatic rings. The van der Waals surface area contributed by atoms with Crippen LogP contribution in [0.1, 0.15) is 44.7 Å². The molecule has 0 unspecified atom stereocenters. The first kappa shape index (κ1) is 17.6. The number of aromatic nitrogens is 2. The number of nitrogens with two attached hydrogens (primary N) is 1. The summed E-state index contributed by atoms with van der Waals surface area (Å²) in [4.78, 5) is 25.3. The van der Waals surface area contributed by atoms with Crippen molar-refractivity contribution in [2.75, 3.05) is 11.5 Å². The van der Waals surface area contributed by atoms with Gasteiger partial charge in [0.1, 0.15) is 5.75 Å². The minimum absolute atomic E-state index is 0.00129. The maximum Gasteiger partial charge on any atom is 0.255 e. The monoisotopic (exact) mass is 368 g/mol. The van der Waals surface area contributed by atoms with Crippen LogP contribution in [0, 0.1) is 0 Å². The van der Waals surface area contributed by atoms with Crippen LogP contribution in [0.25, 0.3) is 11.1 Å². The SMILES string of the molecule is CC(=O)N1c2ccc(-c3cnn(C4CC4)c3)c(OCC(N)=O)c2CC[C@@H]1C. The lowest BCUT2D eigenvalue weighted by Gasteiger charge is -2.35. The summed E-state index contributed by atoms with van der Waals surface area (Å²) in [6.45, 7) is 3.42. The molecule has 1 aliphatic heterocycles. The van der Waals surface area contributed by atoms with Gasteiger partial charge < -0.3 is 15.4 Å². The van der Waals surface area contributed by atoms with E-state index < -0.39 is 5.91 Å². The quantitative estimate of drug-likeness (QED) is 0.878. The topological polar surface area (TPSA) is 90.4 Å². The molecule has 1 saturated carbocycles. The van der Waals surface area contributed by atoms with Gasteiger partial charge in [-0.3, -0.25) is 14.3 Å². The number of rotatable bonds is 5. The third kappa shape index (κ3) is 3.29. The number of carbonyl (C=O) groups excluding carboxylic acids is 2. The lowest BCUT2D eigenvalue weighted by molar-refractivity contribution is -0.120. The van der Waals surface area contributed by atoms with E-state index in [0.29, 0.717) is 11.8 Å². The van der Waals surface area contributed by atoms with Crippen LogP contribution >= 0.6 is 0 Å². The van der Waals surface area contributed by atoms with E-state index in [2.05, 4.69) is 5.10 Å². The maximum absolute atomic E-state index is 12.2. The van der Waals surface area contributed by atoms with Gasteiger partial charge in [0.2, 0.25) is 5.91 Å². The Morgan fingerprint density at radius 1 is 1.30 bits per heavy atom. The molecule has 2 aromatic rings. The van der Waals surface area contributed by atoms with Gasteiger partial charge in [-0.05, 0) is 44.7 Å².